The van der Waals surface area contributed by atoms with E-state index in [0.29, 0.717) is 6.61 Å². The summed E-state index contributed by atoms with van der Waals surface area (Å²) in [7, 11) is 2.05. The van der Waals surface area contributed by atoms with Crippen LogP contribution in [0, 0.1) is 6.92 Å². The smallest absolute Gasteiger partial charge is 0.128 e. The lowest BCUT2D eigenvalue weighted by Gasteiger charge is -2.17. The Labute approximate surface area is 91.8 Å². The lowest BCUT2D eigenvalue weighted by molar-refractivity contribution is 0.283. The van der Waals surface area contributed by atoms with Crippen LogP contribution in [0.5, 0.6) is 0 Å². The van der Waals surface area contributed by atoms with Crippen LogP contribution in [0.25, 0.3) is 0 Å². The van der Waals surface area contributed by atoms with Crippen LogP contribution in [0.3, 0.4) is 0 Å². The molecule has 3 nitrogen and oxygen atoms in total. The van der Waals surface area contributed by atoms with E-state index in [0.717, 1.165) is 31.6 Å². The molecule has 3 heteroatoms. The number of rotatable bonds is 6. The fourth-order valence-corrected chi connectivity index (χ4v) is 1.44. The first-order valence-electron chi connectivity index (χ1n) is 5.48. The molecular weight excluding hydrogens is 188 g/mol. The molecule has 0 aromatic carbocycles. The van der Waals surface area contributed by atoms with Gasteiger partial charge in [0.1, 0.15) is 5.82 Å². The summed E-state index contributed by atoms with van der Waals surface area (Å²) in [4.78, 5) is 6.50. The molecule has 0 aliphatic heterocycles. The molecular formula is C12H20N2O. The van der Waals surface area contributed by atoms with Crippen molar-refractivity contribution in [1.29, 1.82) is 0 Å². The van der Waals surface area contributed by atoms with E-state index >= 15 is 0 Å². The van der Waals surface area contributed by atoms with Crippen molar-refractivity contribution in [3.05, 3.63) is 23.9 Å². The summed E-state index contributed by atoms with van der Waals surface area (Å²) in [6.45, 7) is 3.33. The van der Waals surface area contributed by atoms with Crippen molar-refractivity contribution in [2.24, 2.45) is 0 Å². The van der Waals surface area contributed by atoms with Crippen LogP contribution in [0.1, 0.15) is 24.8 Å². The molecule has 0 unspecified atom stereocenters. The number of anilines is 1. The molecule has 1 rings (SSSR count). The minimum atomic E-state index is 0.298. The van der Waals surface area contributed by atoms with E-state index in [4.69, 9.17) is 5.11 Å². The first-order valence-corrected chi connectivity index (χ1v) is 5.48. The number of nitrogens with zero attached hydrogens (tertiary/aromatic N) is 2. The van der Waals surface area contributed by atoms with E-state index in [2.05, 4.69) is 23.0 Å². The number of pyridine rings is 1. The maximum absolute atomic E-state index is 8.65. The van der Waals surface area contributed by atoms with Crippen molar-refractivity contribution in [3.63, 3.8) is 0 Å². The molecule has 0 fully saturated rings. The van der Waals surface area contributed by atoms with Crippen LogP contribution in [-0.4, -0.2) is 30.3 Å². The molecule has 1 N–H and O–H groups in total. The highest BCUT2D eigenvalue weighted by atomic mass is 16.2. The number of aromatic nitrogens is 1. The second-order valence-corrected chi connectivity index (χ2v) is 3.90. The van der Waals surface area contributed by atoms with Crippen LogP contribution in [-0.2, 0) is 0 Å². The first kappa shape index (κ1) is 12.0. The number of unbranched alkanes of at least 4 members (excludes halogenated alkanes) is 2. The number of aliphatic hydroxyl groups is 1. The summed E-state index contributed by atoms with van der Waals surface area (Å²) < 4.78 is 0. The van der Waals surface area contributed by atoms with Gasteiger partial charge in [-0.15, -0.1) is 0 Å². The zero-order chi connectivity index (χ0) is 11.1. The van der Waals surface area contributed by atoms with Gasteiger partial charge in [-0.2, -0.15) is 0 Å². The Bertz CT molecular complexity index is 271. The highest BCUT2D eigenvalue weighted by Gasteiger charge is 2.00. The van der Waals surface area contributed by atoms with Gasteiger partial charge in [-0.05, 0) is 37.8 Å². The van der Waals surface area contributed by atoms with Crippen molar-refractivity contribution in [2.45, 2.75) is 26.2 Å². The lowest BCUT2D eigenvalue weighted by atomic mass is 10.2. The highest BCUT2D eigenvalue weighted by molar-refractivity contribution is 5.37. The molecule has 0 atom stereocenters. The summed E-state index contributed by atoms with van der Waals surface area (Å²) >= 11 is 0. The van der Waals surface area contributed by atoms with Crippen LogP contribution < -0.4 is 4.90 Å². The van der Waals surface area contributed by atoms with E-state index in [1.165, 1.54) is 5.56 Å². The SMILES string of the molecule is Cc1ccc(N(C)CCCCCO)nc1. The minimum Gasteiger partial charge on any atom is -0.396 e. The van der Waals surface area contributed by atoms with Crippen molar-refractivity contribution in [2.75, 3.05) is 25.1 Å². The summed E-state index contributed by atoms with van der Waals surface area (Å²) in [5.74, 6) is 1.02. The van der Waals surface area contributed by atoms with E-state index in [1.54, 1.807) is 0 Å². The maximum atomic E-state index is 8.65. The van der Waals surface area contributed by atoms with Gasteiger partial charge < -0.3 is 10.0 Å². The quantitative estimate of drug-likeness (QED) is 0.726. The third-order valence-corrected chi connectivity index (χ3v) is 2.44. The first-order chi connectivity index (χ1) is 7.24. The normalized spacial score (nSPS) is 10.3. The van der Waals surface area contributed by atoms with E-state index in [1.807, 2.05) is 19.2 Å². The standard InChI is InChI=1S/C12H20N2O/c1-11-6-7-12(13-10-11)14(2)8-4-3-5-9-15/h6-7,10,15H,3-5,8-9H2,1-2H3. The molecule has 1 aromatic rings. The van der Waals surface area contributed by atoms with Crippen LogP contribution in [0.2, 0.25) is 0 Å². The third-order valence-electron chi connectivity index (χ3n) is 2.44. The Balaban J connectivity index is 2.33. The topological polar surface area (TPSA) is 36.4 Å². The zero-order valence-corrected chi connectivity index (χ0v) is 9.61. The molecule has 0 saturated carbocycles. The van der Waals surface area contributed by atoms with Crippen molar-refractivity contribution >= 4 is 5.82 Å². The van der Waals surface area contributed by atoms with Gasteiger partial charge in [0.15, 0.2) is 0 Å². The van der Waals surface area contributed by atoms with Crippen molar-refractivity contribution < 1.29 is 5.11 Å². The van der Waals surface area contributed by atoms with Gasteiger partial charge in [0.05, 0.1) is 0 Å². The van der Waals surface area contributed by atoms with Gasteiger partial charge in [-0.3, -0.25) is 0 Å². The molecule has 1 heterocycles. The van der Waals surface area contributed by atoms with Gasteiger partial charge in [0.2, 0.25) is 0 Å². The summed E-state index contributed by atoms with van der Waals surface area (Å²) in [6.07, 6.45) is 4.97. The predicted octanol–water partition coefficient (Wildman–Crippen LogP) is 1.99. The molecule has 84 valence electrons. The maximum Gasteiger partial charge on any atom is 0.128 e. The van der Waals surface area contributed by atoms with Gasteiger partial charge in [-0.25, -0.2) is 4.98 Å². The Hall–Kier alpha value is -1.09. The highest BCUT2D eigenvalue weighted by Crippen LogP contribution is 2.10. The fraction of sp³-hybridized carbons (Fsp3) is 0.583. The number of hydrogen-bond donors (Lipinski definition) is 1. The molecule has 0 radical (unpaired) electrons. The van der Waals surface area contributed by atoms with Gasteiger partial charge in [0.25, 0.3) is 0 Å². The molecule has 0 spiro atoms. The second kappa shape index (κ2) is 6.40. The number of aryl methyl sites for hydroxylation is 1. The average Bonchev–Trinajstić information content (AvgIpc) is 2.25. The monoisotopic (exact) mass is 208 g/mol. The molecule has 0 aliphatic rings. The van der Waals surface area contributed by atoms with E-state index < -0.39 is 0 Å². The minimum absolute atomic E-state index is 0.298. The summed E-state index contributed by atoms with van der Waals surface area (Å²) in [5, 5.41) is 8.65. The van der Waals surface area contributed by atoms with Crippen LogP contribution in [0.4, 0.5) is 5.82 Å². The molecule has 1 aromatic heterocycles. The summed E-state index contributed by atoms with van der Waals surface area (Å²) in [5.41, 5.74) is 1.19. The lowest BCUT2D eigenvalue weighted by Crippen LogP contribution is -2.19. The van der Waals surface area contributed by atoms with Gasteiger partial charge in [0, 0.05) is 26.4 Å². The van der Waals surface area contributed by atoms with Crippen molar-refractivity contribution in [3.8, 4) is 0 Å². The Morgan fingerprint density at radius 1 is 1.27 bits per heavy atom. The van der Waals surface area contributed by atoms with Crippen LogP contribution >= 0.6 is 0 Å². The largest absolute Gasteiger partial charge is 0.396 e. The number of hydrogen-bond acceptors (Lipinski definition) is 3. The molecule has 0 amide bonds. The van der Waals surface area contributed by atoms with Crippen molar-refractivity contribution in [1.82, 2.24) is 4.98 Å². The number of aliphatic hydroxyl groups excluding tert-OH is 1. The molecule has 15 heavy (non-hydrogen) atoms. The Morgan fingerprint density at radius 2 is 2.07 bits per heavy atom. The second-order valence-electron chi connectivity index (χ2n) is 3.90. The van der Waals surface area contributed by atoms with Gasteiger partial charge >= 0.3 is 0 Å². The van der Waals surface area contributed by atoms with Gasteiger partial charge in [-0.1, -0.05) is 6.07 Å². The average molecular weight is 208 g/mol. The Kier molecular flexibility index (Phi) is 5.12. The Morgan fingerprint density at radius 3 is 2.67 bits per heavy atom. The molecule has 0 aliphatic carbocycles. The van der Waals surface area contributed by atoms with E-state index in [9.17, 15) is 0 Å². The molecule has 0 saturated heterocycles. The van der Waals surface area contributed by atoms with Crippen LogP contribution in [0.15, 0.2) is 18.3 Å². The van der Waals surface area contributed by atoms with E-state index in [-0.39, 0.29) is 0 Å². The zero-order valence-electron chi connectivity index (χ0n) is 9.61. The summed E-state index contributed by atoms with van der Waals surface area (Å²) in [6, 6.07) is 4.12. The molecule has 0 bridgehead atoms. The third kappa shape index (κ3) is 4.30. The fourth-order valence-electron chi connectivity index (χ4n) is 1.44. The predicted molar refractivity (Wildman–Crippen MR) is 63.2 cm³/mol.